The number of aliphatic hydroxyl groups excluding tert-OH is 1. The third-order valence-electron chi connectivity index (χ3n) is 2.75. The number of esters is 1. The Morgan fingerprint density at radius 3 is 2.56 bits per heavy atom. The molecule has 1 aromatic rings. The topological polar surface area (TPSA) is 46.5 Å². The van der Waals surface area contributed by atoms with E-state index in [1.54, 1.807) is 6.92 Å². The van der Waals surface area contributed by atoms with Crippen molar-refractivity contribution in [2.24, 2.45) is 0 Å². The molecule has 0 amide bonds. The van der Waals surface area contributed by atoms with E-state index in [4.69, 9.17) is 9.84 Å². The number of hydrogen-bond donors (Lipinski definition) is 1. The van der Waals surface area contributed by atoms with Gasteiger partial charge in [0.25, 0.3) is 0 Å². The predicted octanol–water partition coefficient (Wildman–Crippen LogP) is 1.62. The highest BCUT2D eigenvalue weighted by molar-refractivity contribution is 6.93. The molecular formula is C14H20O3Si. The average molecular weight is 264 g/mol. The van der Waals surface area contributed by atoms with Gasteiger partial charge in [-0.25, -0.2) is 4.79 Å². The molecule has 0 saturated heterocycles. The summed E-state index contributed by atoms with van der Waals surface area (Å²) in [7, 11) is -1.64. The number of aliphatic hydroxyl groups is 1. The fourth-order valence-electron chi connectivity index (χ4n) is 1.62. The lowest BCUT2D eigenvalue weighted by atomic mass is 10.4. The van der Waals surface area contributed by atoms with Gasteiger partial charge in [0.05, 0.1) is 0 Å². The molecule has 0 saturated carbocycles. The molecule has 98 valence electrons. The second kappa shape index (κ2) is 6.52. The van der Waals surface area contributed by atoms with Gasteiger partial charge in [0.1, 0.15) is 20.8 Å². The maximum atomic E-state index is 10.9. The Morgan fingerprint density at radius 1 is 1.39 bits per heavy atom. The first-order valence-corrected chi connectivity index (χ1v) is 9.08. The number of benzene rings is 1. The molecule has 0 aliphatic rings. The molecule has 1 N–H and O–H groups in total. The van der Waals surface area contributed by atoms with E-state index in [0.717, 1.165) is 0 Å². The molecule has 1 rings (SSSR count). The normalized spacial score (nSPS) is 13.6. The van der Waals surface area contributed by atoms with Crippen molar-refractivity contribution < 1.29 is 14.6 Å². The monoisotopic (exact) mass is 264 g/mol. The van der Waals surface area contributed by atoms with Gasteiger partial charge in [0.15, 0.2) is 0 Å². The van der Waals surface area contributed by atoms with Crippen LogP contribution in [0.15, 0.2) is 42.1 Å². The minimum atomic E-state index is -1.64. The van der Waals surface area contributed by atoms with Crippen molar-refractivity contribution in [3.8, 4) is 0 Å². The Balaban J connectivity index is 2.68. The van der Waals surface area contributed by atoms with Gasteiger partial charge >= 0.3 is 5.97 Å². The fraction of sp³-hybridized carbons (Fsp3) is 0.357. The van der Waals surface area contributed by atoms with Crippen molar-refractivity contribution in [2.75, 3.05) is 6.61 Å². The van der Waals surface area contributed by atoms with Crippen LogP contribution in [0.2, 0.25) is 13.1 Å². The summed E-state index contributed by atoms with van der Waals surface area (Å²) in [4.78, 5) is 10.9. The third kappa shape index (κ3) is 4.47. The van der Waals surface area contributed by atoms with Crippen molar-refractivity contribution in [2.45, 2.75) is 26.1 Å². The first kappa shape index (κ1) is 14.7. The van der Waals surface area contributed by atoms with Crippen LogP contribution in [0, 0.1) is 0 Å². The van der Waals surface area contributed by atoms with Crippen LogP contribution >= 0.6 is 0 Å². The molecule has 0 spiro atoms. The van der Waals surface area contributed by atoms with Gasteiger partial charge in [0, 0.05) is 0 Å². The predicted molar refractivity (Wildman–Crippen MR) is 75.3 cm³/mol. The molecule has 1 atom stereocenters. The summed E-state index contributed by atoms with van der Waals surface area (Å²) in [5.74, 6) is -0.591. The Morgan fingerprint density at radius 2 is 2.00 bits per heavy atom. The minimum absolute atomic E-state index is 0.305. The lowest BCUT2D eigenvalue weighted by molar-refractivity contribution is -0.149. The number of carbonyl (C=O) groups is 1. The van der Waals surface area contributed by atoms with E-state index in [-0.39, 0.29) is 6.10 Å². The van der Waals surface area contributed by atoms with Gasteiger partial charge in [-0.3, -0.25) is 0 Å². The summed E-state index contributed by atoms with van der Waals surface area (Å²) in [6.07, 6.45) is 1.59. The van der Waals surface area contributed by atoms with Crippen molar-refractivity contribution in [3.05, 3.63) is 42.1 Å². The van der Waals surface area contributed by atoms with Crippen LogP contribution in [-0.4, -0.2) is 31.9 Å². The van der Waals surface area contributed by atoms with Crippen molar-refractivity contribution >= 4 is 19.2 Å². The molecule has 0 heterocycles. The second-order valence-electron chi connectivity index (χ2n) is 4.80. The molecular weight excluding hydrogens is 244 g/mol. The Hall–Kier alpha value is -1.39. The first-order chi connectivity index (χ1) is 8.45. The summed E-state index contributed by atoms with van der Waals surface area (Å²) < 4.78 is 4.98. The van der Waals surface area contributed by atoms with E-state index in [9.17, 15) is 4.79 Å². The van der Waals surface area contributed by atoms with Crippen molar-refractivity contribution in [1.82, 2.24) is 0 Å². The van der Waals surface area contributed by atoms with Crippen LogP contribution in [-0.2, 0) is 9.53 Å². The zero-order valence-electron chi connectivity index (χ0n) is 11.1. The average Bonchev–Trinajstić information content (AvgIpc) is 2.37. The van der Waals surface area contributed by atoms with Gasteiger partial charge in [0.2, 0.25) is 0 Å². The molecule has 4 heteroatoms. The lowest BCUT2D eigenvalue weighted by Crippen LogP contribution is -2.39. The second-order valence-corrected chi connectivity index (χ2v) is 9.15. The van der Waals surface area contributed by atoms with E-state index in [1.807, 2.05) is 24.3 Å². The highest BCUT2D eigenvalue weighted by Crippen LogP contribution is 2.07. The van der Waals surface area contributed by atoms with E-state index in [1.165, 1.54) is 5.19 Å². The van der Waals surface area contributed by atoms with Crippen LogP contribution in [0.1, 0.15) is 6.92 Å². The Labute approximate surface area is 109 Å². The molecule has 3 nitrogen and oxygen atoms in total. The summed E-state index contributed by atoms with van der Waals surface area (Å²) >= 11 is 0. The van der Waals surface area contributed by atoms with Gasteiger partial charge in [-0.15, -0.1) is 0 Å². The molecule has 0 aliphatic heterocycles. The maximum absolute atomic E-state index is 10.9. The molecule has 0 bridgehead atoms. The van der Waals surface area contributed by atoms with Gasteiger partial charge in [-0.2, -0.15) is 0 Å². The minimum Gasteiger partial charge on any atom is -0.457 e. The van der Waals surface area contributed by atoms with Crippen molar-refractivity contribution in [1.29, 1.82) is 0 Å². The van der Waals surface area contributed by atoms with Crippen LogP contribution < -0.4 is 5.19 Å². The Kier molecular flexibility index (Phi) is 5.31. The largest absolute Gasteiger partial charge is 0.457 e. The molecule has 0 aromatic heterocycles. The zero-order chi connectivity index (χ0) is 13.6. The summed E-state index contributed by atoms with van der Waals surface area (Å²) in [6, 6.07) is 10.3. The summed E-state index contributed by atoms with van der Waals surface area (Å²) in [5, 5.41) is 9.93. The number of carbonyl (C=O) groups excluding carboxylic acids is 1. The third-order valence-corrected chi connectivity index (χ3v) is 5.60. The number of hydrogen-bond acceptors (Lipinski definition) is 3. The Bertz CT molecular complexity index is 412. The van der Waals surface area contributed by atoms with Crippen LogP contribution in [0.25, 0.3) is 0 Å². The molecule has 0 radical (unpaired) electrons. The van der Waals surface area contributed by atoms with Crippen LogP contribution in [0.3, 0.4) is 0 Å². The number of ether oxygens (including phenoxy) is 1. The molecule has 0 fully saturated rings. The number of rotatable bonds is 5. The summed E-state index contributed by atoms with van der Waals surface area (Å²) in [6.45, 7) is 5.69. The molecule has 1 aromatic carbocycles. The maximum Gasteiger partial charge on any atom is 0.332 e. The van der Waals surface area contributed by atoms with Crippen LogP contribution in [0.5, 0.6) is 0 Å². The molecule has 18 heavy (non-hydrogen) atoms. The lowest BCUT2D eigenvalue weighted by Gasteiger charge is -2.19. The molecule has 0 unspecified atom stereocenters. The quantitative estimate of drug-likeness (QED) is 0.649. The summed E-state index contributed by atoms with van der Waals surface area (Å²) in [5.41, 5.74) is 2.15. The standard InChI is InChI=1S/C14H20O3Si/c1-12(17-14(16)11-15)9-10-18(2,3)13-7-5-4-6-8-13/h4-10,12,15H,11H2,1-3H3/b10-9+/t12-/m0/s1. The highest BCUT2D eigenvalue weighted by atomic mass is 28.3. The first-order valence-electron chi connectivity index (χ1n) is 6.01. The van der Waals surface area contributed by atoms with Crippen LogP contribution in [0.4, 0.5) is 0 Å². The van der Waals surface area contributed by atoms with Gasteiger partial charge < -0.3 is 9.84 Å². The zero-order valence-corrected chi connectivity index (χ0v) is 12.1. The smallest absolute Gasteiger partial charge is 0.332 e. The van der Waals surface area contributed by atoms with E-state index in [2.05, 4.69) is 30.9 Å². The van der Waals surface area contributed by atoms with Gasteiger partial charge in [-0.1, -0.05) is 60.4 Å². The SMILES string of the molecule is C[C@@H](/C=C/[Si](C)(C)c1ccccc1)OC(=O)CO. The van der Waals surface area contributed by atoms with E-state index in [0.29, 0.717) is 0 Å². The van der Waals surface area contributed by atoms with E-state index >= 15 is 0 Å². The fourth-order valence-corrected chi connectivity index (χ4v) is 3.62. The van der Waals surface area contributed by atoms with E-state index < -0.39 is 20.7 Å². The van der Waals surface area contributed by atoms with Gasteiger partial charge in [-0.05, 0) is 6.92 Å². The molecule has 0 aliphatic carbocycles. The highest BCUT2D eigenvalue weighted by Gasteiger charge is 2.19. The van der Waals surface area contributed by atoms with Crippen molar-refractivity contribution in [3.63, 3.8) is 0 Å².